The van der Waals surface area contributed by atoms with Crippen molar-refractivity contribution in [1.82, 2.24) is 10.3 Å². The molecule has 1 rings (SSSR count). The zero-order chi connectivity index (χ0) is 12.8. The number of amides is 2. The third kappa shape index (κ3) is 4.03. The average molecular weight is 257 g/mol. The van der Waals surface area contributed by atoms with Crippen molar-refractivity contribution in [3.63, 3.8) is 0 Å². The van der Waals surface area contributed by atoms with E-state index in [1.54, 1.807) is 23.7 Å². The van der Waals surface area contributed by atoms with Gasteiger partial charge in [0.15, 0.2) is 0 Å². The van der Waals surface area contributed by atoms with E-state index < -0.39 is 0 Å². The Hall–Kier alpha value is -1.04. The van der Waals surface area contributed by atoms with Crippen LogP contribution in [0.25, 0.3) is 0 Å². The first kappa shape index (κ1) is 14.0. The van der Waals surface area contributed by atoms with Crippen molar-refractivity contribution in [3.8, 4) is 0 Å². The molecule has 1 aliphatic rings. The van der Waals surface area contributed by atoms with Gasteiger partial charge in [-0.25, -0.2) is 5.43 Å². The minimum absolute atomic E-state index is 0.0846. The zero-order valence-corrected chi connectivity index (χ0v) is 11.3. The van der Waals surface area contributed by atoms with Gasteiger partial charge in [-0.05, 0) is 25.4 Å². The summed E-state index contributed by atoms with van der Waals surface area (Å²) in [4.78, 5) is 24.7. The summed E-state index contributed by atoms with van der Waals surface area (Å²) in [6.07, 6.45) is 3.79. The van der Waals surface area contributed by atoms with E-state index in [4.69, 9.17) is 0 Å². The molecule has 1 heterocycles. The Bertz CT molecular complexity index is 331. The molecule has 2 amide bonds. The van der Waals surface area contributed by atoms with Gasteiger partial charge in [0.05, 0.1) is 0 Å². The van der Waals surface area contributed by atoms with Crippen LogP contribution in [-0.2, 0) is 9.59 Å². The highest BCUT2D eigenvalue weighted by molar-refractivity contribution is 7.98. The van der Waals surface area contributed by atoms with Crippen LogP contribution in [0.1, 0.15) is 26.2 Å². The summed E-state index contributed by atoms with van der Waals surface area (Å²) in [7, 11) is 1.78. The molecule has 0 radical (unpaired) electrons. The minimum atomic E-state index is -0.125. The van der Waals surface area contributed by atoms with Gasteiger partial charge in [0, 0.05) is 25.9 Å². The summed E-state index contributed by atoms with van der Waals surface area (Å²) in [5.41, 5.74) is 2.79. The van der Waals surface area contributed by atoms with Crippen molar-refractivity contribution >= 4 is 29.3 Å². The molecule has 1 aliphatic heterocycles. The molecule has 0 saturated carbocycles. The average Bonchev–Trinajstić information content (AvgIpc) is 2.35. The molecule has 1 N–H and O–H groups in total. The van der Waals surface area contributed by atoms with Crippen molar-refractivity contribution in [1.29, 1.82) is 0 Å². The van der Waals surface area contributed by atoms with Crippen molar-refractivity contribution in [2.24, 2.45) is 5.10 Å². The summed E-state index contributed by atoms with van der Waals surface area (Å²) in [6, 6.07) is 0.190. The quantitative estimate of drug-likeness (QED) is 0.794. The van der Waals surface area contributed by atoms with Gasteiger partial charge in [-0.2, -0.15) is 16.9 Å². The zero-order valence-electron chi connectivity index (χ0n) is 10.5. The first-order valence-corrected chi connectivity index (χ1v) is 7.07. The maximum atomic E-state index is 12.0. The second-order valence-electron chi connectivity index (χ2n) is 4.14. The molecule has 5 nitrogen and oxygen atoms in total. The second kappa shape index (κ2) is 6.64. The molecular formula is C11H19N3O2S. The third-order valence-electron chi connectivity index (χ3n) is 2.87. The van der Waals surface area contributed by atoms with Crippen LogP contribution in [0.5, 0.6) is 0 Å². The fourth-order valence-corrected chi connectivity index (χ4v) is 2.09. The number of carbonyl (C=O) groups is 2. The summed E-state index contributed by atoms with van der Waals surface area (Å²) in [5.74, 6) is 0.820. The van der Waals surface area contributed by atoms with Gasteiger partial charge in [0.2, 0.25) is 5.91 Å². The Labute approximate surface area is 106 Å². The predicted octanol–water partition coefficient (Wildman–Crippen LogP) is 0.852. The van der Waals surface area contributed by atoms with Crippen molar-refractivity contribution in [2.75, 3.05) is 19.1 Å². The first-order chi connectivity index (χ1) is 8.06. The Morgan fingerprint density at radius 2 is 2.29 bits per heavy atom. The molecule has 0 spiro atoms. The molecule has 1 unspecified atom stereocenters. The highest BCUT2D eigenvalue weighted by Crippen LogP contribution is 2.09. The summed E-state index contributed by atoms with van der Waals surface area (Å²) < 4.78 is 0. The predicted molar refractivity (Wildman–Crippen MR) is 70.0 cm³/mol. The molecule has 0 aromatic rings. The molecule has 96 valence electrons. The van der Waals surface area contributed by atoms with Crippen LogP contribution in [0.3, 0.4) is 0 Å². The molecule has 0 fully saturated rings. The van der Waals surface area contributed by atoms with Gasteiger partial charge < -0.3 is 4.90 Å². The number of carbonyl (C=O) groups excluding carboxylic acids is 2. The van der Waals surface area contributed by atoms with Gasteiger partial charge in [-0.15, -0.1) is 0 Å². The third-order valence-corrected chi connectivity index (χ3v) is 3.52. The maximum absolute atomic E-state index is 12.0. The van der Waals surface area contributed by atoms with Crippen LogP contribution in [0, 0.1) is 0 Å². The Balaban J connectivity index is 2.54. The number of hydrogen-bond acceptors (Lipinski definition) is 4. The Kier molecular flexibility index (Phi) is 5.47. The lowest BCUT2D eigenvalue weighted by molar-refractivity contribution is -0.125. The lowest BCUT2D eigenvalue weighted by Gasteiger charge is -2.26. The van der Waals surface area contributed by atoms with Crippen molar-refractivity contribution in [2.45, 2.75) is 32.2 Å². The van der Waals surface area contributed by atoms with E-state index in [0.29, 0.717) is 18.6 Å². The van der Waals surface area contributed by atoms with Crippen LogP contribution >= 0.6 is 11.8 Å². The van der Waals surface area contributed by atoms with E-state index >= 15 is 0 Å². The van der Waals surface area contributed by atoms with E-state index in [1.165, 1.54) is 0 Å². The number of hydrogen-bond donors (Lipinski definition) is 1. The van der Waals surface area contributed by atoms with E-state index in [9.17, 15) is 9.59 Å². The van der Waals surface area contributed by atoms with E-state index in [-0.39, 0.29) is 17.9 Å². The highest BCUT2D eigenvalue weighted by Gasteiger charge is 2.23. The molecule has 6 heteroatoms. The van der Waals surface area contributed by atoms with Crippen LogP contribution in [-0.4, -0.2) is 47.5 Å². The second-order valence-corrected chi connectivity index (χ2v) is 5.13. The van der Waals surface area contributed by atoms with E-state index in [1.807, 2.05) is 6.92 Å². The molecular weight excluding hydrogens is 238 g/mol. The SMILES string of the molecule is CSCCC(C)N(C)C(=O)C1=NNC(=O)CC1. The van der Waals surface area contributed by atoms with Gasteiger partial charge in [-0.3, -0.25) is 9.59 Å². The molecule has 0 aliphatic carbocycles. The number of nitrogens with zero attached hydrogens (tertiary/aromatic N) is 2. The van der Waals surface area contributed by atoms with Crippen molar-refractivity contribution in [3.05, 3.63) is 0 Å². The number of hydrazone groups is 1. The summed E-state index contributed by atoms with van der Waals surface area (Å²) in [5, 5.41) is 3.81. The number of nitrogens with one attached hydrogen (secondary N) is 1. The van der Waals surface area contributed by atoms with Gasteiger partial charge >= 0.3 is 0 Å². The molecule has 0 bridgehead atoms. The van der Waals surface area contributed by atoms with Crippen molar-refractivity contribution < 1.29 is 9.59 Å². The first-order valence-electron chi connectivity index (χ1n) is 5.67. The van der Waals surface area contributed by atoms with Crippen LogP contribution in [0.15, 0.2) is 5.10 Å². The number of thioether (sulfide) groups is 1. The Morgan fingerprint density at radius 3 is 2.82 bits per heavy atom. The maximum Gasteiger partial charge on any atom is 0.270 e. The van der Waals surface area contributed by atoms with E-state index in [0.717, 1.165) is 12.2 Å². The number of rotatable bonds is 5. The summed E-state index contributed by atoms with van der Waals surface area (Å²) in [6.45, 7) is 2.02. The molecule has 1 atom stereocenters. The lowest BCUT2D eigenvalue weighted by Crippen LogP contribution is -2.42. The largest absolute Gasteiger partial charge is 0.338 e. The molecule has 0 aromatic carbocycles. The smallest absolute Gasteiger partial charge is 0.270 e. The minimum Gasteiger partial charge on any atom is -0.338 e. The standard InChI is InChI=1S/C11H19N3O2S/c1-8(6-7-17-3)14(2)11(16)9-4-5-10(15)13-12-9/h8H,4-7H2,1-3H3,(H,13,15). The van der Waals surface area contributed by atoms with Crippen LogP contribution < -0.4 is 5.43 Å². The summed E-state index contributed by atoms with van der Waals surface area (Å²) >= 11 is 1.77. The van der Waals surface area contributed by atoms with Gasteiger partial charge in [0.1, 0.15) is 5.71 Å². The van der Waals surface area contributed by atoms with Crippen LogP contribution in [0.4, 0.5) is 0 Å². The highest BCUT2D eigenvalue weighted by atomic mass is 32.2. The monoisotopic (exact) mass is 257 g/mol. The molecule has 0 aromatic heterocycles. The van der Waals surface area contributed by atoms with E-state index in [2.05, 4.69) is 16.8 Å². The van der Waals surface area contributed by atoms with Gasteiger partial charge in [-0.1, -0.05) is 0 Å². The fraction of sp³-hybridized carbons (Fsp3) is 0.727. The lowest BCUT2D eigenvalue weighted by atomic mass is 10.1. The normalized spacial score (nSPS) is 17.1. The molecule has 0 saturated heterocycles. The Morgan fingerprint density at radius 1 is 1.59 bits per heavy atom. The van der Waals surface area contributed by atoms with Crippen LogP contribution in [0.2, 0.25) is 0 Å². The molecule has 17 heavy (non-hydrogen) atoms. The topological polar surface area (TPSA) is 61.8 Å². The fourth-order valence-electron chi connectivity index (χ4n) is 1.51. The van der Waals surface area contributed by atoms with Gasteiger partial charge in [0.25, 0.3) is 5.91 Å².